The zero-order valence-corrected chi connectivity index (χ0v) is 51.0. The first-order chi connectivity index (χ1) is 38.6. The van der Waals surface area contributed by atoms with E-state index in [9.17, 15) is 14.4 Å². The molecule has 0 aliphatic carbocycles. The van der Waals surface area contributed by atoms with Crippen LogP contribution in [0.2, 0.25) is 0 Å². The highest BCUT2D eigenvalue weighted by atomic mass is 16.6. The van der Waals surface area contributed by atoms with E-state index in [1.54, 1.807) is 0 Å². The summed E-state index contributed by atoms with van der Waals surface area (Å²) in [4.78, 5) is 35.2. The Kier molecular flexibility index (Phi) is 64.8. The molecule has 0 spiro atoms. The summed E-state index contributed by atoms with van der Waals surface area (Å²) in [6.07, 6.45) is 57.3. The Morgan fingerprint density at radius 1 is 0.397 bits per heavy atom. The Hall–Kier alpha value is -2.55. The summed E-state index contributed by atoms with van der Waals surface area (Å²) in [7, 11) is 0. The number of esters is 1. The number of nitrogens with one attached hydrogen (secondary N) is 2. The number of hydrogen-bond donors (Lipinski definition) is 2. The molecule has 0 bridgehead atoms. The minimum absolute atomic E-state index is 0.0317. The van der Waals surface area contributed by atoms with Crippen LogP contribution in [0.1, 0.15) is 271 Å². The molecule has 0 radical (unpaired) electrons. The molecule has 0 saturated carbocycles. The van der Waals surface area contributed by atoms with Crippen molar-refractivity contribution in [3.05, 3.63) is 24.3 Å². The first-order valence-corrected chi connectivity index (χ1v) is 32.7. The van der Waals surface area contributed by atoms with Crippen molar-refractivity contribution in [2.75, 3.05) is 92.3 Å². The number of hydrogen-bond acceptors (Lipinski definition) is 12. The molecule has 0 rings (SSSR count). The summed E-state index contributed by atoms with van der Waals surface area (Å²) < 4.78 is 45.6. The third kappa shape index (κ3) is 61.1. The number of ether oxygens (including phenoxy) is 8. The molecule has 1 amide bonds. The van der Waals surface area contributed by atoms with Crippen molar-refractivity contribution in [1.29, 1.82) is 0 Å². The van der Waals surface area contributed by atoms with Gasteiger partial charge in [0.1, 0.15) is 25.4 Å². The second-order valence-electron chi connectivity index (χ2n) is 21.4. The predicted octanol–water partition coefficient (Wildman–Crippen LogP) is 16.2. The quantitative estimate of drug-likeness (QED) is 0.0196. The Morgan fingerprint density at radius 2 is 0.808 bits per heavy atom. The van der Waals surface area contributed by atoms with Crippen molar-refractivity contribution in [3.63, 3.8) is 0 Å². The highest BCUT2D eigenvalue weighted by Gasteiger charge is 2.26. The number of carbonyl (C=O) groups is 3. The molecule has 13 nitrogen and oxygen atoms in total. The van der Waals surface area contributed by atoms with Crippen LogP contribution in [0.15, 0.2) is 24.3 Å². The average molecular weight is 1110 g/mol. The van der Waals surface area contributed by atoms with Crippen LogP contribution in [0, 0.1) is 0 Å². The van der Waals surface area contributed by atoms with Gasteiger partial charge >= 0.3 is 12.1 Å². The molecule has 0 saturated heterocycles. The molecular formula is C65H124N2O11. The Bertz CT molecular complexity index is 1270. The van der Waals surface area contributed by atoms with Crippen molar-refractivity contribution >= 4 is 18.5 Å². The molecule has 2 N–H and O–H groups in total. The highest BCUT2D eigenvalue weighted by molar-refractivity contribution is 5.71. The molecule has 0 aromatic heterocycles. The van der Waals surface area contributed by atoms with E-state index in [4.69, 9.17) is 33.2 Å². The zero-order chi connectivity index (χ0) is 56.4. The number of carbonyl (C=O) groups excluding carboxylic acids is 3. The molecule has 0 aliphatic rings. The molecule has 460 valence electrons. The lowest BCUT2D eigenvalue weighted by Gasteiger charge is -2.27. The molecule has 13 heteroatoms. The number of rotatable bonds is 66. The van der Waals surface area contributed by atoms with Gasteiger partial charge in [0.2, 0.25) is 0 Å². The summed E-state index contributed by atoms with van der Waals surface area (Å²) in [5.74, 6) is -0.405. The maximum absolute atomic E-state index is 13.3. The molecule has 0 aromatic carbocycles. The van der Waals surface area contributed by atoms with E-state index in [2.05, 4.69) is 60.4 Å². The lowest BCUT2D eigenvalue weighted by Crippen LogP contribution is -2.41. The van der Waals surface area contributed by atoms with Gasteiger partial charge in [-0.2, -0.15) is 0 Å². The molecule has 0 heterocycles. The van der Waals surface area contributed by atoms with Gasteiger partial charge in [0.25, 0.3) is 6.47 Å². The van der Waals surface area contributed by atoms with Crippen LogP contribution >= 0.6 is 0 Å². The fourth-order valence-corrected chi connectivity index (χ4v) is 9.23. The second-order valence-corrected chi connectivity index (χ2v) is 21.4. The van der Waals surface area contributed by atoms with Gasteiger partial charge in [-0.1, -0.05) is 218 Å². The minimum Gasteiger partial charge on any atom is -0.467 e. The topological polar surface area (TPSA) is 149 Å². The summed E-state index contributed by atoms with van der Waals surface area (Å²) in [5.41, 5.74) is 0. The maximum atomic E-state index is 13.3. The lowest BCUT2D eigenvalue weighted by atomic mass is 10.0. The van der Waals surface area contributed by atoms with E-state index in [1.165, 1.54) is 212 Å². The molecule has 78 heavy (non-hydrogen) atoms. The van der Waals surface area contributed by atoms with E-state index in [1.807, 2.05) is 0 Å². The second kappa shape index (κ2) is 67.0. The van der Waals surface area contributed by atoms with Gasteiger partial charge in [-0.15, -0.1) is 0 Å². The van der Waals surface area contributed by atoms with Gasteiger partial charge in [-0.25, -0.2) is 4.79 Å². The monoisotopic (exact) mass is 1110 g/mol. The molecule has 0 fully saturated rings. The molecule has 2 atom stereocenters. The predicted molar refractivity (Wildman–Crippen MR) is 322 cm³/mol. The molecule has 0 aliphatic heterocycles. The van der Waals surface area contributed by atoms with Gasteiger partial charge < -0.3 is 48.5 Å². The molecule has 0 aromatic rings. The number of amides is 1. The lowest BCUT2D eigenvalue weighted by molar-refractivity contribution is -0.144. The smallest absolute Gasteiger partial charge is 0.407 e. The van der Waals surface area contributed by atoms with E-state index in [-0.39, 0.29) is 32.5 Å². The number of allylic oxidation sites excluding steroid dienone is 4. The Balaban J connectivity index is 4.99. The largest absolute Gasteiger partial charge is 0.467 e. The van der Waals surface area contributed by atoms with Gasteiger partial charge in [-0.05, 0) is 77.0 Å². The van der Waals surface area contributed by atoms with Gasteiger partial charge in [0.05, 0.1) is 52.8 Å². The molecule has 2 unspecified atom stereocenters. The van der Waals surface area contributed by atoms with Crippen molar-refractivity contribution in [2.45, 2.75) is 283 Å². The number of alkyl carbamates (subject to hydrolysis) is 1. The van der Waals surface area contributed by atoms with Crippen LogP contribution < -0.4 is 10.6 Å². The highest BCUT2D eigenvalue weighted by Crippen LogP contribution is 2.19. The zero-order valence-electron chi connectivity index (χ0n) is 51.0. The van der Waals surface area contributed by atoms with Crippen molar-refractivity contribution in [3.8, 4) is 0 Å². The van der Waals surface area contributed by atoms with E-state index < -0.39 is 18.2 Å². The molecular weight excluding hydrogens is 985 g/mol. The van der Waals surface area contributed by atoms with Crippen LogP contribution in [0.5, 0.6) is 0 Å². The third-order valence-electron chi connectivity index (χ3n) is 14.1. The van der Waals surface area contributed by atoms with Crippen LogP contribution in [0.3, 0.4) is 0 Å². The minimum atomic E-state index is -0.450. The number of unbranched alkanes of at least 4 members (excludes halogenated alkanes) is 33. The standard InChI is InChI=1S/C65H124N2O11/c1-4-7-10-13-16-19-22-24-26-28-30-32-35-38-41-44-49-74-60-63(76-50-45-42-39-36-33-31-29-27-25-23-20-17-14-11-8-5-2)62(46-43-40-37-34-21-18-15-12-9-6-3)78-65(70)67-48-52-71-53-54-72-55-56-73-57-58-77-64(69)59-66-47-51-75-61-68/h24-27,61-63,66H,4-23,28-60H2,1-3H3,(H,67,70)/b26-24-,27-25-. The van der Waals surface area contributed by atoms with E-state index in [0.29, 0.717) is 72.4 Å². The van der Waals surface area contributed by atoms with Crippen molar-refractivity contribution in [1.82, 2.24) is 10.6 Å². The fraction of sp³-hybridized carbons (Fsp3) is 0.892. The fourth-order valence-electron chi connectivity index (χ4n) is 9.23. The van der Waals surface area contributed by atoms with Crippen LogP contribution in [-0.2, 0) is 47.5 Å². The summed E-state index contributed by atoms with van der Waals surface area (Å²) >= 11 is 0. The van der Waals surface area contributed by atoms with Gasteiger partial charge in [0.15, 0.2) is 0 Å². The van der Waals surface area contributed by atoms with Crippen LogP contribution in [0.4, 0.5) is 4.79 Å². The van der Waals surface area contributed by atoms with Crippen LogP contribution in [0.25, 0.3) is 0 Å². The van der Waals surface area contributed by atoms with Crippen molar-refractivity contribution < 1.29 is 52.3 Å². The first kappa shape index (κ1) is 75.5. The maximum Gasteiger partial charge on any atom is 0.407 e. The van der Waals surface area contributed by atoms with Gasteiger partial charge in [0, 0.05) is 26.3 Å². The summed E-state index contributed by atoms with van der Waals surface area (Å²) in [6, 6.07) is 0. The first-order valence-electron chi connectivity index (χ1n) is 32.7. The van der Waals surface area contributed by atoms with E-state index >= 15 is 0 Å². The van der Waals surface area contributed by atoms with Gasteiger partial charge in [-0.3, -0.25) is 9.59 Å². The third-order valence-corrected chi connectivity index (χ3v) is 14.1. The van der Waals surface area contributed by atoms with Crippen LogP contribution in [-0.4, -0.2) is 123 Å². The summed E-state index contributed by atoms with van der Waals surface area (Å²) in [6.45, 7) is 12.1. The van der Waals surface area contributed by atoms with E-state index in [0.717, 1.165) is 38.5 Å². The Labute approximate surface area is 479 Å². The Morgan fingerprint density at radius 3 is 1.28 bits per heavy atom. The SMILES string of the molecule is CCCCCCCC/C=C\CCCCCCCCOCC(OCCCCCCCC/C=C\CCCCCCCC)C(CCCCCCCCCCCC)OC(=O)NCCOCCOCCOCCOC(=O)CNCCOC=O. The average Bonchev–Trinajstić information content (AvgIpc) is 3.44. The normalized spacial score (nSPS) is 12.4. The van der Waals surface area contributed by atoms with Crippen molar-refractivity contribution in [2.24, 2.45) is 0 Å². The summed E-state index contributed by atoms with van der Waals surface area (Å²) in [5, 5.41) is 5.73.